The van der Waals surface area contributed by atoms with Crippen molar-refractivity contribution in [3.8, 4) is 5.88 Å². The lowest BCUT2D eigenvalue weighted by molar-refractivity contribution is -0.0592. The summed E-state index contributed by atoms with van der Waals surface area (Å²) in [6, 6.07) is 16.0. The molecule has 2 aromatic heterocycles. The fourth-order valence-corrected chi connectivity index (χ4v) is 6.20. The number of benzene rings is 2. The number of methoxy groups -OCH3 is 1. The molecule has 0 N–H and O–H groups in total. The Morgan fingerprint density at radius 1 is 1.02 bits per heavy atom. The second-order valence-corrected chi connectivity index (χ2v) is 12.4. The van der Waals surface area contributed by atoms with Crippen LogP contribution in [0.2, 0.25) is 0 Å². The lowest BCUT2D eigenvalue weighted by atomic mass is 10.0. The molecule has 1 aliphatic carbocycles. The number of anilines is 1. The van der Waals surface area contributed by atoms with Gasteiger partial charge in [0, 0.05) is 55.4 Å². The summed E-state index contributed by atoms with van der Waals surface area (Å²) in [5, 5.41) is 0. The SMILES string of the molecule is COC(=O)c1ccc2nc(CN3CCN(c4cccc(OCc5ccc(C(=O)C6CC6)cc5F)n4)C[C@@H]3C)n(CC3CCO3)c2c1. The van der Waals surface area contributed by atoms with Crippen LogP contribution in [-0.4, -0.2) is 76.7 Å². The number of aromatic nitrogens is 3. The van der Waals surface area contributed by atoms with E-state index in [0.29, 0.717) is 35.7 Å². The van der Waals surface area contributed by atoms with Gasteiger partial charge >= 0.3 is 5.97 Å². The molecule has 11 heteroatoms. The zero-order valence-electron chi connectivity index (χ0n) is 26.2. The highest BCUT2D eigenvalue weighted by Gasteiger charge is 2.31. The van der Waals surface area contributed by atoms with Crippen LogP contribution in [0.15, 0.2) is 54.6 Å². The van der Waals surface area contributed by atoms with Crippen molar-refractivity contribution in [3.63, 3.8) is 0 Å². The first-order valence-electron chi connectivity index (χ1n) is 16.0. The van der Waals surface area contributed by atoms with Gasteiger partial charge in [0.25, 0.3) is 0 Å². The van der Waals surface area contributed by atoms with Crippen molar-refractivity contribution < 1.29 is 28.2 Å². The van der Waals surface area contributed by atoms with Gasteiger partial charge in [-0.05, 0) is 56.5 Å². The number of fused-ring (bicyclic) bond motifs is 1. The summed E-state index contributed by atoms with van der Waals surface area (Å²) in [4.78, 5) is 38.9. The van der Waals surface area contributed by atoms with Gasteiger partial charge in [-0.3, -0.25) is 9.69 Å². The highest BCUT2D eigenvalue weighted by Crippen LogP contribution is 2.33. The molecule has 1 unspecified atom stereocenters. The minimum absolute atomic E-state index is 0.0196. The standard InChI is InChI=1S/C35H38FN5O5/c1-22-18-40(31-4-3-5-33(38-31)46-21-26-9-8-24(16-28(26)36)34(42)23-6-7-23)14-13-39(22)20-32-37-29-11-10-25(35(43)44-2)17-30(29)41(32)19-27-12-15-45-27/h3-5,8-11,16-17,22-23,27H,6-7,12-15,18-21H2,1-2H3/t22-,27?/m0/s1. The average Bonchev–Trinajstić information content (AvgIpc) is 3.84. The predicted octanol–water partition coefficient (Wildman–Crippen LogP) is 5.03. The number of hydrogen-bond acceptors (Lipinski definition) is 9. The Hall–Kier alpha value is -4.35. The molecule has 4 aromatic rings. The van der Waals surface area contributed by atoms with E-state index in [1.54, 1.807) is 24.3 Å². The van der Waals surface area contributed by atoms with E-state index in [9.17, 15) is 14.0 Å². The molecule has 0 spiro atoms. The van der Waals surface area contributed by atoms with Gasteiger partial charge < -0.3 is 23.7 Å². The molecule has 0 amide bonds. The molecule has 0 radical (unpaired) electrons. The second kappa shape index (κ2) is 12.8. The molecule has 2 aliphatic heterocycles. The Morgan fingerprint density at radius 2 is 1.85 bits per heavy atom. The number of pyridine rings is 1. The molecule has 4 heterocycles. The van der Waals surface area contributed by atoms with E-state index >= 15 is 0 Å². The molecule has 10 nitrogen and oxygen atoms in total. The van der Waals surface area contributed by atoms with E-state index in [4.69, 9.17) is 24.2 Å². The van der Waals surface area contributed by atoms with Gasteiger partial charge in [0.2, 0.25) is 5.88 Å². The number of esters is 1. The number of ketones is 1. The van der Waals surface area contributed by atoms with Crippen LogP contribution in [0.25, 0.3) is 11.0 Å². The maximum atomic E-state index is 14.7. The van der Waals surface area contributed by atoms with Gasteiger partial charge in [-0.15, -0.1) is 0 Å². The van der Waals surface area contributed by atoms with Gasteiger partial charge in [0.05, 0.1) is 42.9 Å². The van der Waals surface area contributed by atoms with Gasteiger partial charge in [-0.2, -0.15) is 4.98 Å². The lowest BCUT2D eigenvalue weighted by Crippen LogP contribution is -2.52. The van der Waals surface area contributed by atoms with Crippen LogP contribution in [0, 0.1) is 11.7 Å². The summed E-state index contributed by atoms with van der Waals surface area (Å²) in [5.74, 6) is 1.43. The van der Waals surface area contributed by atoms with Gasteiger partial charge in [0.1, 0.15) is 24.1 Å². The van der Waals surface area contributed by atoms with Crippen LogP contribution >= 0.6 is 0 Å². The van der Waals surface area contributed by atoms with E-state index in [0.717, 1.165) is 68.2 Å². The molecule has 2 atom stereocenters. The van der Waals surface area contributed by atoms with Gasteiger partial charge in [-0.25, -0.2) is 14.2 Å². The van der Waals surface area contributed by atoms with Gasteiger partial charge in [0.15, 0.2) is 5.78 Å². The van der Waals surface area contributed by atoms with Crippen LogP contribution in [0.1, 0.15) is 58.3 Å². The van der Waals surface area contributed by atoms with Crippen LogP contribution in [0.5, 0.6) is 5.88 Å². The Balaban J connectivity index is 1.01. The maximum Gasteiger partial charge on any atom is 0.337 e. The molecule has 1 saturated carbocycles. The Bertz CT molecular complexity index is 1770. The number of Topliss-reactive ketones (excluding diaryl/α,β-unsaturated/α-hetero) is 1. The number of ether oxygens (including phenoxy) is 3. The average molecular weight is 628 g/mol. The zero-order chi connectivity index (χ0) is 31.8. The molecule has 2 aromatic carbocycles. The molecule has 240 valence electrons. The van der Waals surface area contributed by atoms with Crippen molar-refractivity contribution in [2.24, 2.45) is 5.92 Å². The Morgan fingerprint density at radius 3 is 2.57 bits per heavy atom. The fraction of sp³-hybridized carbons (Fsp3) is 0.429. The molecule has 3 aliphatic rings. The van der Waals surface area contributed by atoms with Crippen LogP contribution in [0.4, 0.5) is 10.2 Å². The highest BCUT2D eigenvalue weighted by atomic mass is 19.1. The molecule has 7 rings (SSSR count). The monoisotopic (exact) mass is 627 g/mol. The summed E-state index contributed by atoms with van der Waals surface area (Å²) in [7, 11) is 1.39. The Kier molecular flexibility index (Phi) is 8.44. The summed E-state index contributed by atoms with van der Waals surface area (Å²) in [6.45, 7) is 6.69. The smallest absolute Gasteiger partial charge is 0.337 e. The minimum Gasteiger partial charge on any atom is -0.473 e. The summed E-state index contributed by atoms with van der Waals surface area (Å²) >= 11 is 0. The van der Waals surface area contributed by atoms with Crippen molar-refractivity contribution in [2.45, 2.75) is 58.0 Å². The lowest BCUT2D eigenvalue weighted by Gasteiger charge is -2.40. The summed E-state index contributed by atoms with van der Waals surface area (Å²) in [5.41, 5.74) is 3.06. The number of imidazole rings is 1. The number of carbonyl (C=O) groups is 2. The molecule has 46 heavy (non-hydrogen) atoms. The van der Waals surface area contributed by atoms with Crippen molar-refractivity contribution in [3.05, 3.63) is 82.9 Å². The van der Waals surface area contributed by atoms with E-state index in [1.807, 2.05) is 24.3 Å². The molecule has 3 fully saturated rings. The minimum atomic E-state index is -0.440. The molecule has 0 bridgehead atoms. The summed E-state index contributed by atoms with van der Waals surface area (Å²) < 4.78 is 33.5. The predicted molar refractivity (Wildman–Crippen MR) is 170 cm³/mol. The van der Waals surface area contributed by atoms with Crippen molar-refractivity contribution >= 4 is 28.6 Å². The third-order valence-electron chi connectivity index (χ3n) is 9.23. The van der Waals surface area contributed by atoms with E-state index in [1.165, 1.54) is 13.2 Å². The molecule has 2 saturated heterocycles. The third kappa shape index (κ3) is 6.34. The van der Waals surface area contributed by atoms with E-state index < -0.39 is 5.82 Å². The van der Waals surface area contributed by atoms with Crippen molar-refractivity contribution in [1.82, 2.24) is 19.4 Å². The number of carbonyl (C=O) groups excluding carboxylic acids is 2. The van der Waals surface area contributed by atoms with Crippen LogP contribution in [-0.2, 0) is 29.2 Å². The zero-order valence-corrected chi connectivity index (χ0v) is 26.2. The second-order valence-electron chi connectivity index (χ2n) is 12.4. The highest BCUT2D eigenvalue weighted by molar-refractivity contribution is 5.99. The topological polar surface area (TPSA) is 99.0 Å². The molecular weight excluding hydrogens is 589 g/mol. The largest absolute Gasteiger partial charge is 0.473 e. The van der Waals surface area contributed by atoms with Gasteiger partial charge in [-0.1, -0.05) is 18.2 Å². The number of hydrogen-bond donors (Lipinski definition) is 0. The first-order valence-corrected chi connectivity index (χ1v) is 16.0. The quantitative estimate of drug-likeness (QED) is 0.168. The van der Waals surface area contributed by atoms with Crippen LogP contribution in [0.3, 0.4) is 0 Å². The number of piperazine rings is 1. The number of nitrogens with zero attached hydrogens (tertiary/aromatic N) is 5. The number of halogens is 1. The van der Waals surface area contributed by atoms with Crippen molar-refractivity contribution in [2.75, 3.05) is 38.3 Å². The fourth-order valence-electron chi connectivity index (χ4n) is 6.20. The normalized spacial score (nSPS) is 20.0. The first kappa shape index (κ1) is 30.3. The summed E-state index contributed by atoms with van der Waals surface area (Å²) in [6.07, 6.45) is 2.92. The van der Waals surface area contributed by atoms with E-state index in [-0.39, 0.29) is 36.4 Å². The third-order valence-corrected chi connectivity index (χ3v) is 9.23. The number of rotatable bonds is 11. The van der Waals surface area contributed by atoms with E-state index in [2.05, 4.69) is 21.3 Å². The maximum absolute atomic E-state index is 14.7. The Labute approximate surface area is 267 Å². The van der Waals surface area contributed by atoms with Crippen molar-refractivity contribution in [1.29, 1.82) is 0 Å². The first-order chi connectivity index (χ1) is 22.4. The molecular formula is C35H38FN5O5. The van der Waals surface area contributed by atoms with Crippen LogP contribution < -0.4 is 9.64 Å².